The summed E-state index contributed by atoms with van der Waals surface area (Å²) in [5.74, 6) is 0.266. The van der Waals surface area contributed by atoms with E-state index in [1.54, 1.807) is 43.0 Å². The van der Waals surface area contributed by atoms with Gasteiger partial charge in [-0.3, -0.25) is 14.8 Å². The van der Waals surface area contributed by atoms with E-state index >= 15 is 0 Å². The Balaban J connectivity index is 0.00000289. The number of benzene rings is 1. The number of carbonyl (C=O) groups is 1. The first kappa shape index (κ1) is 20.2. The number of nitrogens with zero attached hydrogens (tertiary/aromatic N) is 4. The zero-order chi connectivity index (χ0) is 21.6. The van der Waals surface area contributed by atoms with Crippen LogP contribution in [0.15, 0.2) is 73.3 Å². The maximum atomic E-state index is 12.5. The summed E-state index contributed by atoms with van der Waals surface area (Å²) in [6, 6.07) is 14.8. The summed E-state index contributed by atoms with van der Waals surface area (Å²) in [5, 5.41) is 2.86. The van der Waals surface area contributed by atoms with Gasteiger partial charge in [-0.05, 0) is 54.8 Å². The Morgan fingerprint density at radius 2 is 1.97 bits per heavy atom. The van der Waals surface area contributed by atoms with Crippen molar-refractivity contribution in [2.24, 2.45) is 0 Å². The van der Waals surface area contributed by atoms with E-state index in [1.807, 2.05) is 44.2 Å². The number of aromatic nitrogens is 4. The molecule has 31 heavy (non-hydrogen) atoms. The quantitative estimate of drug-likeness (QED) is 0.473. The van der Waals surface area contributed by atoms with Gasteiger partial charge in [-0.2, -0.15) is 4.98 Å². The van der Waals surface area contributed by atoms with Crippen molar-refractivity contribution in [1.82, 2.24) is 19.9 Å². The van der Waals surface area contributed by atoms with E-state index in [9.17, 15) is 4.79 Å². The average molecular weight is 413 g/mol. The molecule has 0 fully saturated rings. The lowest BCUT2D eigenvalue weighted by Crippen LogP contribution is -2.13. The molecule has 0 atom stereocenters. The van der Waals surface area contributed by atoms with E-state index in [-0.39, 0.29) is 13.3 Å². The topological polar surface area (TPSA) is 89.9 Å². The molecular weight excluding hydrogens is 390 g/mol. The van der Waals surface area contributed by atoms with Crippen molar-refractivity contribution in [1.29, 1.82) is 0 Å². The Morgan fingerprint density at radius 3 is 2.71 bits per heavy atom. The Hall–Kier alpha value is -4.13. The number of rotatable bonds is 6. The molecule has 4 aromatic rings. The van der Waals surface area contributed by atoms with Crippen LogP contribution in [-0.2, 0) is 6.42 Å². The van der Waals surface area contributed by atoms with Gasteiger partial charge in [0.15, 0.2) is 0 Å². The molecule has 0 radical (unpaired) electrons. The molecule has 1 aromatic carbocycles. The first-order chi connectivity index (χ1) is 15.1. The molecule has 0 unspecified atom stereocenters. The number of aryl methyl sites for hydroxylation is 2. The number of anilines is 1. The van der Waals surface area contributed by atoms with Crippen LogP contribution in [0.4, 0.5) is 5.69 Å². The summed E-state index contributed by atoms with van der Waals surface area (Å²) < 4.78 is 5.92. The van der Waals surface area contributed by atoms with Crippen LogP contribution >= 0.6 is 0 Å². The largest absolute Gasteiger partial charge is 0.424 e. The second kappa shape index (κ2) is 9.13. The number of pyridine rings is 2. The molecule has 3 heterocycles. The van der Waals surface area contributed by atoms with E-state index in [0.717, 1.165) is 23.1 Å². The third kappa shape index (κ3) is 4.90. The predicted octanol–water partition coefficient (Wildman–Crippen LogP) is 5.10. The lowest BCUT2D eigenvalue weighted by atomic mass is 10.2. The molecule has 0 bridgehead atoms. The highest BCUT2D eigenvalue weighted by molar-refractivity contribution is 6.02. The highest BCUT2D eigenvalue weighted by Crippen LogP contribution is 2.27. The molecule has 0 saturated heterocycles. The lowest BCUT2D eigenvalue weighted by molar-refractivity contribution is 0.102. The highest BCUT2D eigenvalue weighted by Gasteiger charge is 2.11. The monoisotopic (exact) mass is 413 g/mol. The normalized spacial score (nSPS) is 10.5. The van der Waals surface area contributed by atoms with Crippen molar-refractivity contribution in [3.63, 3.8) is 0 Å². The van der Waals surface area contributed by atoms with Crippen molar-refractivity contribution in [3.05, 3.63) is 90.1 Å². The zero-order valence-electron chi connectivity index (χ0n) is 17.2. The van der Waals surface area contributed by atoms with E-state index in [2.05, 4.69) is 25.3 Å². The maximum absolute atomic E-state index is 12.5. The molecular formula is C24H23N5O2. The second-order valence-corrected chi connectivity index (χ2v) is 6.91. The lowest BCUT2D eigenvalue weighted by Gasteiger charge is -2.11. The zero-order valence-corrected chi connectivity index (χ0v) is 17.2. The van der Waals surface area contributed by atoms with Crippen LogP contribution in [0.3, 0.4) is 0 Å². The average Bonchev–Trinajstić information content (AvgIpc) is 2.82. The minimum Gasteiger partial charge on any atom is -0.424 e. The number of amides is 1. The molecule has 1 N–H and O–H groups in total. The van der Waals surface area contributed by atoms with Crippen LogP contribution in [0.2, 0.25) is 0 Å². The number of ether oxygens (including phenoxy) is 1. The Labute approximate surface area is 181 Å². The minimum atomic E-state index is -0.285. The summed E-state index contributed by atoms with van der Waals surface area (Å²) in [5.41, 5.74) is 4.49. The molecule has 4 rings (SSSR count). The minimum absolute atomic E-state index is 0. The summed E-state index contributed by atoms with van der Waals surface area (Å²) in [6.07, 6.45) is 7.66. The predicted molar refractivity (Wildman–Crippen MR) is 120 cm³/mol. The second-order valence-electron chi connectivity index (χ2n) is 6.91. The maximum Gasteiger partial charge on any atom is 0.322 e. The van der Waals surface area contributed by atoms with Crippen molar-refractivity contribution in [2.75, 3.05) is 5.32 Å². The van der Waals surface area contributed by atoms with Crippen LogP contribution in [0, 0.1) is 6.92 Å². The summed E-state index contributed by atoms with van der Waals surface area (Å²) in [4.78, 5) is 29.5. The fourth-order valence-electron chi connectivity index (χ4n) is 2.91. The summed E-state index contributed by atoms with van der Waals surface area (Å²) >= 11 is 0. The number of hydrogen-bond donors (Lipinski definition) is 1. The molecule has 0 spiro atoms. The smallest absolute Gasteiger partial charge is 0.322 e. The number of carbonyl (C=O) groups excluding carboxylic acids is 1. The molecule has 1 amide bonds. The van der Waals surface area contributed by atoms with E-state index in [4.69, 9.17) is 4.74 Å². The molecule has 0 aliphatic carbocycles. The Kier molecular flexibility index (Phi) is 5.93. The third-order valence-corrected chi connectivity index (χ3v) is 4.70. The fourth-order valence-corrected chi connectivity index (χ4v) is 2.91. The van der Waals surface area contributed by atoms with Gasteiger partial charge in [0.2, 0.25) is 0 Å². The standard InChI is InChI=1S/C24H21N5O2.H2/c1-3-17-7-9-21(27-14-17)23(30)28-19-8-6-16(2)22(13-19)31-24-26-12-10-20(29-24)18-5-4-11-25-15-18;/h4-15H,3H2,1-2H3,(H,28,30);1H. The van der Waals surface area contributed by atoms with Crippen molar-refractivity contribution >= 4 is 11.6 Å². The van der Waals surface area contributed by atoms with Gasteiger partial charge in [-0.25, -0.2) is 4.98 Å². The van der Waals surface area contributed by atoms with Crippen LogP contribution in [0.5, 0.6) is 11.8 Å². The van der Waals surface area contributed by atoms with Crippen molar-refractivity contribution < 1.29 is 11.0 Å². The highest BCUT2D eigenvalue weighted by atomic mass is 16.5. The van der Waals surface area contributed by atoms with Crippen LogP contribution in [0.1, 0.15) is 30.0 Å². The van der Waals surface area contributed by atoms with Gasteiger partial charge in [0, 0.05) is 43.5 Å². The third-order valence-electron chi connectivity index (χ3n) is 4.70. The van der Waals surface area contributed by atoms with Gasteiger partial charge in [0.25, 0.3) is 5.91 Å². The molecule has 0 saturated carbocycles. The molecule has 3 aromatic heterocycles. The van der Waals surface area contributed by atoms with Gasteiger partial charge in [0.05, 0.1) is 5.69 Å². The van der Waals surface area contributed by atoms with Crippen molar-refractivity contribution in [2.45, 2.75) is 20.3 Å². The molecule has 7 nitrogen and oxygen atoms in total. The van der Waals surface area contributed by atoms with Gasteiger partial charge in [-0.15, -0.1) is 0 Å². The molecule has 7 heteroatoms. The van der Waals surface area contributed by atoms with Crippen LogP contribution in [-0.4, -0.2) is 25.8 Å². The van der Waals surface area contributed by atoms with Crippen LogP contribution < -0.4 is 10.1 Å². The van der Waals surface area contributed by atoms with Gasteiger partial charge in [-0.1, -0.05) is 19.1 Å². The number of hydrogen-bond acceptors (Lipinski definition) is 6. The fraction of sp³-hybridized carbons (Fsp3) is 0.125. The van der Waals surface area contributed by atoms with Crippen molar-refractivity contribution in [3.8, 4) is 23.0 Å². The first-order valence-electron chi connectivity index (χ1n) is 9.90. The van der Waals surface area contributed by atoms with E-state index in [1.165, 1.54) is 0 Å². The Bertz CT molecular complexity index is 1200. The molecule has 0 aliphatic heterocycles. The van der Waals surface area contributed by atoms with E-state index in [0.29, 0.717) is 22.8 Å². The summed E-state index contributed by atoms with van der Waals surface area (Å²) in [6.45, 7) is 3.96. The van der Waals surface area contributed by atoms with Crippen LogP contribution in [0.25, 0.3) is 11.3 Å². The SMILES string of the molecule is CCc1ccc(C(=O)Nc2ccc(C)c(Oc3nccc(-c4cccnc4)n3)c2)nc1.[HH]. The first-order valence-corrected chi connectivity index (χ1v) is 9.90. The van der Waals surface area contributed by atoms with Gasteiger partial charge in [0.1, 0.15) is 11.4 Å². The molecule has 156 valence electrons. The summed E-state index contributed by atoms with van der Waals surface area (Å²) in [7, 11) is 0. The van der Waals surface area contributed by atoms with E-state index < -0.39 is 0 Å². The number of nitrogens with one attached hydrogen (secondary N) is 1. The van der Waals surface area contributed by atoms with Gasteiger partial charge >= 0.3 is 6.01 Å². The molecule has 0 aliphatic rings. The Morgan fingerprint density at radius 1 is 1.06 bits per heavy atom. The van der Waals surface area contributed by atoms with Gasteiger partial charge < -0.3 is 10.1 Å².